The van der Waals surface area contributed by atoms with Gasteiger partial charge in [0.25, 0.3) is 0 Å². The smallest absolute Gasteiger partial charge is 0.221 e. The van der Waals surface area contributed by atoms with E-state index in [-0.39, 0.29) is 5.91 Å². The Balaban J connectivity index is 2.10. The van der Waals surface area contributed by atoms with Crippen molar-refractivity contribution in [2.24, 2.45) is 0 Å². The van der Waals surface area contributed by atoms with Crippen LogP contribution in [0, 0.1) is 0 Å². The monoisotopic (exact) mass is 208 g/mol. The summed E-state index contributed by atoms with van der Waals surface area (Å²) in [5, 5.41) is 13.5. The van der Waals surface area contributed by atoms with Gasteiger partial charge in [-0.2, -0.15) is 10.2 Å². The predicted molar refractivity (Wildman–Crippen MR) is 57.0 cm³/mol. The maximum atomic E-state index is 11.1. The Kier molecular flexibility index (Phi) is 5.32. The Labute approximate surface area is 89.3 Å². The zero-order chi connectivity index (χ0) is 10.9. The van der Waals surface area contributed by atoms with Crippen LogP contribution in [0.15, 0.2) is 18.3 Å². The number of amides is 1. The van der Waals surface area contributed by atoms with Crippen molar-refractivity contribution in [3.05, 3.63) is 24.0 Å². The molecule has 0 unspecified atom stereocenters. The highest BCUT2D eigenvalue weighted by Gasteiger charge is 1.98. The van der Waals surface area contributed by atoms with Crippen LogP contribution in [0.25, 0.3) is 0 Å². The molecule has 0 aromatic carbocycles. The van der Waals surface area contributed by atoms with Gasteiger partial charge in [-0.3, -0.25) is 4.79 Å². The largest absolute Gasteiger partial charge is 0.356 e. The molecule has 0 aliphatic carbocycles. The summed E-state index contributed by atoms with van der Waals surface area (Å²) in [6.45, 7) is 3.89. The van der Waals surface area contributed by atoms with E-state index in [0.717, 1.165) is 5.69 Å². The molecule has 5 heteroatoms. The third-order valence-electron chi connectivity index (χ3n) is 1.84. The van der Waals surface area contributed by atoms with Gasteiger partial charge in [-0.15, -0.1) is 0 Å². The van der Waals surface area contributed by atoms with Gasteiger partial charge in [-0.1, -0.05) is 0 Å². The first-order chi connectivity index (χ1) is 7.33. The maximum Gasteiger partial charge on any atom is 0.221 e. The van der Waals surface area contributed by atoms with Gasteiger partial charge in [0.15, 0.2) is 0 Å². The lowest BCUT2D eigenvalue weighted by Crippen LogP contribution is -2.27. The lowest BCUT2D eigenvalue weighted by molar-refractivity contribution is -0.120. The number of carbonyl (C=O) groups is 1. The fraction of sp³-hybridized carbons (Fsp3) is 0.500. The number of nitrogens with zero attached hydrogens (tertiary/aromatic N) is 2. The average molecular weight is 208 g/mol. The van der Waals surface area contributed by atoms with E-state index < -0.39 is 0 Å². The molecule has 5 nitrogen and oxygen atoms in total. The number of aromatic nitrogens is 2. The quantitative estimate of drug-likeness (QED) is 0.650. The summed E-state index contributed by atoms with van der Waals surface area (Å²) in [7, 11) is 0. The van der Waals surface area contributed by atoms with Crippen molar-refractivity contribution in [3.63, 3.8) is 0 Å². The Morgan fingerprint density at radius 2 is 2.40 bits per heavy atom. The summed E-state index contributed by atoms with van der Waals surface area (Å²) >= 11 is 0. The highest BCUT2D eigenvalue weighted by Crippen LogP contribution is 1.89. The van der Waals surface area contributed by atoms with Crippen molar-refractivity contribution >= 4 is 5.91 Å². The van der Waals surface area contributed by atoms with Gasteiger partial charge in [0.1, 0.15) is 0 Å². The maximum absolute atomic E-state index is 11.1. The van der Waals surface area contributed by atoms with E-state index in [2.05, 4.69) is 20.8 Å². The fourth-order valence-corrected chi connectivity index (χ4v) is 1.13. The minimum atomic E-state index is 0.0733. The predicted octanol–water partition coefficient (Wildman–Crippen LogP) is 0.0924. The molecule has 1 aromatic heterocycles. The Hall–Kier alpha value is -1.49. The van der Waals surface area contributed by atoms with Crippen molar-refractivity contribution in [2.75, 3.05) is 13.1 Å². The number of hydrogen-bond donors (Lipinski definition) is 2. The van der Waals surface area contributed by atoms with Crippen molar-refractivity contribution in [1.82, 2.24) is 20.8 Å². The first-order valence-corrected chi connectivity index (χ1v) is 5.07. The van der Waals surface area contributed by atoms with Gasteiger partial charge in [-0.05, 0) is 19.1 Å². The number of nitrogens with one attached hydrogen (secondary N) is 2. The second kappa shape index (κ2) is 6.89. The second-order valence-electron chi connectivity index (χ2n) is 3.10. The van der Waals surface area contributed by atoms with E-state index in [9.17, 15) is 4.79 Å². The molecule has 0 atom stereocenters. The molecule has 1 aromatic rings. The van der Waals surface area contributed by atoms with Crippen LogP contribution in [0.1, 0.15) is 19.0 Å². The van der Waals surface area contributed by atoms with E-state index >= 15 is 0 Å². The van der Waals surface area contributed by atoms with Crippen molar-refractivity contribution < 1.29 is 4.79 Å². The molecule has 0 saturated carbocycles. The SMILES string of the molecule is CCNC(=O)CCNCc1cccnn1. The standard InChI is InChI=1S/C10H16N4O/c1-2-12-10(15)5-7-11-8-9-4-3-6-13-14-9/h3-4,6,11H,2,5,7-8H2,1H3,(H,12,15). The Morgan fingerprint density at radius 3 is 3.07 bits per heavy atom. The molecular weight excluding hydrogens is 192 g/mol. The van der Waals surface area contributed by atoms with Gasteiger partial charge >= 0.3 is 0 Å². The van der Waals surface area contributed by atoms with E-state index in [0.29, 0.717) is 26.1 Å². The molecule has 1 rings (SSSR count). The van der Waals surface area contributed by atoms with Crippen LogP contribution in [0.3, 0.4) is 0 Å². The summed E-state index contributed by atoms with van der Waals surface area (Å²) < 4.78 is 0. The molecule has 0 bridgehead atoms. The third-order valence-corrected chi connectivity index (χ3v) is 1.84. The molecule has 0 aliphatic heterocycles. The summed E-state index contributed by atoms with van der Waals surface area (Å²) in [5.41, 5.74) is 0.883. The zero-order valence-corrected chi connectivity index (χ0v) is 8.86. The molecule has 0 radical (unpaired) electrons. The minimum Gasteiger partial charge on any atom is -0.356 e. The molecular formula is C10H16N4O. The molecule has 82 valence electrons. The van der Waals surface area contributed by atoms with Gasteiger partial charge < -0.3 is 10.6 Å². The van der Waals surface area contributed by atoms with E-state index in [4.69, 9.17) is 0 Å². The van der Waals surface area contributed by atoms with Crippen molar-refractivity contribution in [1.29, 1.82) is 0 Å². The van der Waals surface area contributed by atoms with Gasteiger partial charge in [-0.25, -0.2) is 0 Å². The Bertz CT molecular complexity index is 289. The topological polar surface area (TPSA) is 66.9 Å². The van der Waals surface area contributed by atoms with Crippen LogP contribution in [0.4, 0.5) is 0 Å². The van der Waals surface area contributed by atoms with Crippen LogP contribution in [-0.2, 0) is 11.3 Å². The minimum absolute atomic E-state index is 0.0733. The van der Waals surface area contributed by atoms with Crippen LogP contribution in [0.5, 0.6) is 0 Å². The molecule has 0 saturated heterocycles. The van der Waals surface area contributed by atoms with Gasteiger partial charge in [0, 0.05) is 32.3 Å². The van der Waals surface area contributed by atoms with Crippen LogP contribution >= 0.6 is 0 Å². The molecule has 0 fully saturated rings. The fourth-order valence-electron chi connectivity index (χ4n) is 1.13. The number of carbonyl (C=O) groups excluding carboxylic acids is 1. The summed E-state index contributed by atoms with van der Waals surface area (Å²) in [5.74, 6) is 0.0733. The molecule has 15 heavy (non-hydrogen) atoms. The first-order valence-electron chi connectivity index (χ1n) is 5.07. The molecule has 2 N–H and O–H groups in total. The lowest BCUT2D eigenvalue weighted by atomic mass is 10.3. The van der Waals surface area contributed by atoms with Gasteiger partial charge in [0.2, 0.25) is 5.91 Å². The van der Waals surface area contributed by atoms with E-state index in [1.165, 1.54) is 0 Å². The summed E-state index contributed by atoms with van der Waals surface area (Å²) in [6.07, 6.45) is 2.13. The normalized spacial score (nSPS) is 9.93. The van der Waals surface area contributed by atoms with E-state index in [1.54, 1.807) is 6.20 Å². The van der Waals surface area contributed by atoms with E-state index in [1.807, 2.05) is 19.1 Å². The Morgan fingerprint density at radius 1 is 1.53 bits per heavy atom. The summed E-state index contributed by atoms with van der Waals surface area (Å²) in [4.78, 5) is 11.1. The first kappa shape index (κ1) is 11.6. The molecule has 1 heterocycles. The third kappa shape index (κ3) is 5.07. The number of hydrogen-bond acceptors (Lipinski definition) is 4. The van der Waals surface area contributed by atoms with Crippen molar-refractivity contribution in [3.8, 4) is 0 Å². The molecule has 1 amide bonds. The highest BCUT2D eigenvalue weighted by atomic mass is 16.1. The zero-order valence-electron chi connectivity index (χ0n) is 8.86. The number of rotatable bonds is 6. The average Bonchev–Trinajstić information content (AvgIpc) is 2.26. The second-order valence-corrected chi connectivity index (χ2v) is 3.10. The van der Waals surface area contributed by atoms with Crippen LogP contribution in [0.2, 0.25) is 0 Å². The summed E-state index contributed by atoms with van der Waals surface area (Å²) in [6, 6.07) is 3.74. The molecule has 0 aliphatic rings. The van der Waals surface area contributed by atoms with Crippen LogP contribution in [-0.4, -0.2) is 29.2 Å². The van der Waals surface area contributed by atoms with Gasteiger partial charge in [0.05, 0.1) is 5.69 Å². The lowest BCUT2D eigenvalue weighted by Gasteiger charge is -2.03. The van der Waals surface area contributed by atoms with Crippen LogP contribution < -0.4 is 10.6 Å². The van der Waals surface area contributed by atoms with Crippen molar-refractivity contribution in [2.45, 2.75) is 19.9 Å². The highest BCUT2D eigenvalue weighted by molar-refractivity contribution is 5.75. The molecule has 0 spiro atoms.